The van der Waals surface area contributed by atoms with E-state index in [0.29, 0.717) is 6.04 Å². The maximum Gasteiger partial charge on any atom is 0.254 e. The van der Waals surface area contributed by atoms with Gasteiger partial charge in [-0.15, -0.1) is 0 Å². The van der Waals surface area contributed by atoms with Crippen LogP contribution in [0.5, 0.6) is 0 Å². The summed E-state index contributed by atoms with van der Waals surface area (Å²) < 4.78 is 0. The number of carbonyl (C=O) groups is 1. The lowest BCUT2D eigenvalue weighted by Crippen LogP contribution is -2.44. The lowest BCUT2D eigenvalue weighted by molar-refractivity contribution is 0.0591. The highest BCUT2D eigenvalue weighted by Gasteiger charge is 2.27. The Labute approximate surface area is 122 Å². The van der Waals surface area contributed by atoms with Crippen LogP contribution in [-0.2, 0) is 0 Å². The van der Waals surface area contributed by atoms with E-state index in [1.165, 1.54) is 12.0 Å². The summed E-state index contributed by atoms with van der Waals surface area (Å²) in [6, 6.07) is 8.35. The van der Waals surface area contributed by atoms with Crippen LogP contribution in [0.2, 0.25) is 0 Å². The van der Waals surface area contributed by atoms with E-state index in [2.05, 4.69) is 30.8 Å². The van der Waals surface area contributed by atoms with Crippen molar-refractivity contribution in [3.8, 4) is 0 Å². The van der Waals surface area contributed by atoms with Crippen molar-refractivity contribution in [2.45, 2.75) is 38.6 Å². The van der Waals surface area contributed by atoms with Gasteiger partial charge in [0.05, 0.1) is 0 Å². The minimum Gasteiger partial charge on any atom is -0.336 e. The van der Waals surface area contributed by atoms with Gasteiger partial charge in [-0.1, -0.05) is 17.7 Å². The monoisotopic (exact) mass is 274 g/mol. The van der Waals surface area contributed by atoms with Crippen LogP contribution in [0.4, 0.5) is 0 Å². The number of carbonyl (C=O) groups excluding carboxylic acids is 1. The molecule has 0 aromatic heterocycles. The molecule has 1 heterocycles. The number of rotatable bonds is 4. The first kappa shape index (κ1) is 15.0. The minimum atomic E-state index is 0.202. The van der Waals surface area contributed by atoms with E-state index in [4.69, 9.17) is 0 Å². The lowest BCUT2D eigenvalue weighted by atomic mass is 9.98. The second kappa shape index (κ2) is 6.89. The van der Waals surface area contributed by atoms with Gasteiger partial charge in [0, 0.05) is 18.2 Å². The molecule has 0 N–H and O–H groups in total. The number of hydrogen-bond acceptors (Lipinski definition) is 2. The van der Waals surface area contributed by atoms with Gasteiger partial charge in [-0.3, -0.25) is 4.79 Å². The van der Waals surface area contributed by atoms with Gasteiger partial charge in [0.1, 0.15) is 0 Å². The quantitative estimate of drug-likeness (QED) is 0.843. The molecule has 0 spiro atoms. The molecule has 3 heteroatoms. The number of aryl methyl sites for hydroxylation is 1. The molecule has 20 heavy (non-hydrogen) atoms. The van der Waals surface area contributed by atoms with E-state index in [1.54, 1.807) is 0 Å². The molecule has 110 valence electrons. The number of hydrogen-bond donors (Lipinski definition) is 0. The highest BCUT2D eigenvalue weighted by Crippen LogP contribution is 2.22. The Balaban J connectivity index is 2.06. The van der Waals surface area contributed by atoms with Crippen LogP contribution < -0.4 is 0 Å². The average molecular weight is 274 g/mol. The summed E-state index contributed by atoms with van der Waals surface area (Å²) in [6.45, 7) is 4.00. The number of likely N-dealkylation sites (tertiary alicyclic amines) is 1. The predicted molar refractivity (Wildman–Crippen MR) is 83.0 cm³/mol. The van der Waals surface area contributed by atoms with Crippen LogP contribution in [0.3, 0.4) is 0 Å². The van der Waals surface area contributed by atoms with Crippen molar-refractivity contribution in [2.75, 3.05) is 27.2 Å². The van der Waals surface area contributed by atoms with E-state index in [-0.39, 0.29) is 5.91 Å². The van der Waals surface area contributed by atoms with Crippen molar-refractivity contribution in [3.63, 3.8) is 0 Å². The van der Waals surface area contributed by atoms with Crippen LogP contribution in [0, 0.1) is 6.92 Å². The molecule has 1 aromatic carbocycles. The molecule has 1 aliphatic rings. The van der Waals surface area contributed by atoms with E-state index >= 15 is 0 Å². The molecular formula is C17H26N2O. The van der Waals surface area contributed by atoms with Gasteiger partial charge < -0.3 is 9.80 Å². The normalized spacial score (nSPS) is 19.4. The summed E-state index contributed by atoms with van der Waals surface area (Å²) in [4.78, 5) is 17.0. The second-order valence-corrected chi connectivity index (χ2v) is 6.11. The zero-order valence-electron chi connectivity index (χ0n) is 12.9. The molecular weight excluding hydrogens is 248 g/mol. The zero-order chi connectivity index (χ0) is 14.5. The maximum absolute atomic E-state index is 12.7. The van der Waals surface area contributed by atoms with Crippen LogP contribution >= 0.6 is 0 Å². The molecule has 0 radical (unpaired) electrons. The summed E-state index contributed by atoms with van der Waals surface area (Å²) in [6.07, 6.45) is 4.60. The molecule has 1 fully saturated rings. The van der Waals surface area contributed by atoms with E-state index in [9.17, 15) is 4.79 Å². The largest absolute Gasteiger partial charge is 0.336 e. The molecule has 1 atom stereocenters. The third-order valence-corrected chi connectivity index (χ3v) is 4.10. The van der Waals surface area contributed by atoms with Crippen molar-refractivity contribution in [1.82, 2.24) is 9.80 Å². The molecule has 0 aliphatic carbocycles. The van der Waals surface area contributed by atoms with Crippen molar-refractivity contribution in [2.24, 2.45) is 0 Å². The summed E-state index contributed by atoms with van der Waals surface area (Å²) >= 11 is 0. The van der Waals surface area contributed by atoms with E-state index in [0.717, 1.165) is 37.9 Å². The number of amides is 1. The fourth-order valence-electron chi connectivity index (χ4n) is 2.84. The first-order valence-corrected chi connectivity index (χ1v) is 7.60. The number of piperidine rings is 1. The zero-order valence-corrected chi connectivity index (χ0v) is 12.9. The Morgan fingerprint density at radius 1 is 1.25 bits per heavy atom. The Kier molecular flexibility index (Phi) is 5.18. The number of benzene rings is 1. The molecule has 3 nitrogen and oxygen atoms in total. The third-order valence-electron chi connectivity index (χ3n) is 4.10. The van der Waals surface area contributed by atoms with Gasteiger partial charge in [-0.05, 0) is 65.4 Å². The second-order valence-electron chi connectivity index (χ2n) is 6.11. The Bertz CT molecular complexity index is 439. The van der Waals surface area contributed by atoms with Crippen molar-refractivity contribution >= 4 is 5.91 Å². The molecule has 0 bridgehead atoms. The molecule has 1 aliphatic heterocycles. The fraction of sp³-hybridized carbons (Fsp3) is 0.588. The van der Waals surface area contributed by atoms with E-state index in [1.807, 2.05) is 24.3 Å². The minimum absolute atomic E-state index is 0.202. The first-order chi connectivity index (χ1) is 9.58. The van der Waals surface area contributed by atoms with Gasteiger partial charge in [0.2, 0.25) is 0 Å². The SMILES string of the molecule is Cc1ccc(C(=O)N2CCCCC2CCN(C)C)cc1. The van der Waals surface area contributed by atoms with Gasteiger partial charge in [-0.2, -0.15) is 0 Å². The summed E-state index contributed by atoms with van der Waals surface area (Å²) in [7, 11) is 4.18. The van der Waals surface area contributed by atoms with Crippen molar-refractivity contribution in [1.29, 1.82) is 0 Å². The summed E-state index contributed by atoms with van der Waals surface area (Å²) in [5, 5.41) is 0. The van der Waals surface area contributed by atoms with Crippen LogP contribution in [0.1, 0.15) is 41.6 Å². The van der Waals surface area contributed by atoms with Gasteiger partial charge in [0.25, 0.3) is 5.91 Å². The Morgan fingerprint density at radius 3 is 2.60 bits per heavy atom. The molecule has 1 aromatic rings. The first-order valence-electron chi connectivity index (χ1n) is 7.60. The maximum atomic E-state index is 12.7. The Hall–Kier alpha value is -1.35. The van der Waals surface area contributed by atoms with Crippen LogP contribution in [0.25, 0.3) is 0 Å². The Morgan fingerprint density at radius 2 is 1.95 bits per heavy atom. The number of nitrogens with zero attached hydrogens (tertiary/aromatic N) is 2. The standard InChI is InChI=1S/C17H26N2O/c1-14-7-9-15(10-8-14)17(20)19-12-5-4-6-16(19)11-13-18(2)3/h7-10,16H,4-6,11-13H2,1-3H3. The summed E-state index contributed by atoms with van der Waals surface area (Å²) in [5.74, 6) is 0.202. The fourth-order valence-corrected chi connectivity index (χ4v) is 2.84. The van der Waals surface area contributed by atoms with Crippen molar-refractivity contribution < 1.29 is 4.79 Å². The molecule has 1 unspecified atom stereocenters. The topological polar surface area (TPSA) is 23.6 Å². The van der Waals surface area contributed by atoms with Gasteiger partial charge in [-0.25, -0.2) is 0 Å². The average Bonchev–Trinajstić information content (AvgIpc) is 2.45. The highest BCUT2D eigenvalue weighted by atomic mass is 16.2. The van der Waals surface area contributed by atoms with Gasteiger partial charge in [0.15, 0.2) is 0 Å². The summed E-state index contributed by atoms with van der Waals surface area (Å²) in [5.41, 5.74) is 2.02. The molecule has 2 rings (SSSR count). The molecule has 0 saturated carbocycles. The van der Waals surface area contributed by atoms with E-state index < -0.39 is 0 Å². The highest BCUT2D eigenvalue weighted by molar-refractivity contribution is 5.94. The predicted octanol–water partition coefficient (Wildman–Crippen LogP) is 2.94. The smallest absolute Gasteiger partial charge is 0.254 e. The van der Waals surface area contributed by atoms with Crippen molar-refractivity contribution in [3.05, 3.63) is 35.4 Å². The molecule has 1 amide bonds. The van der Waals surface area contributed by atoms with Gasteiger partial charge >= 0.3 is 0 Å². The third kappa shape index (κ3) is 3.83. The van der Waals surface area contributed by atoms with Crippen LogP contribution in [-0.4, -0.2) is 48.9 Å². The molecule has 1 saturated heterocycles. The van der Waals surface area contributed by atoms with Crippen LogP contribution in [0.15, 0.2) is 24.3 Å². The lowest BCUT2D eigenvalue weighted by Gasteiger charge is -2.36.